The molecule has 1 fully saturated rings. The minimum absolute atomic E-state index is 0. The largest absolute Gasteiger partial charge is 0.383 e. The van der Waals surface area contributed by atoms with Gasteiger partial charge in [-0.1, -0.05) is 18.2 Å². The highest BCUT2D eigenvalue weighted by Crippen LogP contribution is 2.19. The van der Waals surface area contributed by atoms with E-state index in [2.05, 4.69) is 10.6 Å². The van der Waals surface area contributed by atoms with Crippen molar-refractivity contribution in [3.8, 4) is 0 Å². The molecule has 2 N–H and O–H groups in total. The lowest BCUT2D eigenvalue weighted by molar-refractivity contribution is -0.119. The maximum atomic E-state index is 11.9. The Morgan fingerprint density at radius 3 is 2.81 bits per heavy atom. The first-order chi connectivity index (χ1) is 9.74. The zero-order valence-electron chi connectivity index (χ0n) is 12.3. The molecule has 4 nitrogen and oxygen atoms in total. The average Bonchev–Trinajstić information content (AvgIpc) is 2.93. The molecule has 1 aliphatic rings. The van der Waals surface area contributed by atoms with E-state index in [1.54, 1.807) is 18.9 Å². The first kappa shape index (κ1) is 18.3. The fourth-order valence-corrected chi connectivity index (χ4v) is 3.20. The van der Waals surface area contributed by atoms with E-state index in [4.69, 9.17) is 4.74 Å². The maximum absolute atomic E-state index is 11.9. The molecule has 1 aromatic rings. The lowest BCUT2D eigenvalue weighted by Gasteiger charge is -2.28. The van der Waals surface area contributed by atoms with Gasteiger partial charge in [0.25, 0.3) is 0 Å². The van der Waals surface area contributed by atoms with Gasteiger partial charge in [-0.2, -0.15) is 0 Å². The minimum Gasteiger partial charge on any atom is -0.383 e. The third-order valence-corrected chi connectivity index (χ3v) is 4.50. The number of hydrogen-bond acceptors (Lipinski definition) is 4. The Hall–Kier alpha value is -0.750. The Bertz CT molecular complexity index is 425. The summed E-state index contributed by atoms with van der Waals surface area (Å²) in [5.74, 6) is 0.524. The fraction of sp³-hybridized carbons (Fsp3) is 0.533. The Kier molecular flexibility index (Phi) is 8.11. The van der Waals surface area contributed by atoms with Gasteiger partial charge < -0.3 is 15.4 Å². The van der Waals surface area contributed by atoms with Crippen molar-refractivity contribution >= 4 is 30.1 Å². The van der Waals surface area contributed by atoms with E-state index in [0.717, 1.165) is 24.3 Å². The zero-order chi connectivity index (χ0) is 14.3. The smallest absolute Gasteiger partial charge is 0.230 e. The number of methoxy groups -OCH3 is 1. The topological polar surface area (TPSA) is 50.4 Å². The van der Waals surface area contributed by atoms with Gasteiger partial charge in [0.2, 0.25) is 5.91 Å². The van der Waals surface area contributed by atoms with Crippen LogP contribution >= 0.6 is 24.2 Å². The van der Waals surface area contributed by atoms with Crippen molar-refractivity contribution in [2.75, 3.05) is 32.6 Å². The second-order valence-corrected chi connectivity index (χ2v) is 6.17. The number of benzene rings is 1. The molecule has 1 atom stereocenters. The van der Waals surface area contributed by atoms with Crippen molar-refractivity contribution in [2.24, 2.45) is 0 Å². The number of nitrogens with one attached hydrogen (secondary N) is 2. The van der Waals surface area contributed by atoms with Crippen LogP contribution in [0.2, 0.25) is 0 Å². The summed E-state index contributed by atoms with van der Waals surface area (Å²) in [7, 11) is 1.70. The maximum Gasteiger partial charge on any atom is 0.230 e. The monoisotopic (exact) mass is 330 g/mol. The van der Waals surface area contributed by atoms with Crippen molar-refractivity contribution in [2.45, 2.75) is 23.3 Å². The molecule has 0 aliphatic carbocycles. The number of halogens is 1. The van der Waals surface area contributed by atoms with Crippen molar-refractivity contribution in [3.63, 3.8) is 0 Å². The van der Waals surface area contributed by atoms with Gasteiger partial charge in [0, 0.05) is 18.6 Å². The Balaban J connectivity index is 0.00000220. The number of rotatable bonds is 7. The van der Waals surface area contributed by atoms with Crippen LogP contribution in [0.3, 0.4) is 0 Å². The number of carbonyl (C=O) groups is 1. The highest BCUT2D eigenvalue weighted by atomic mass is 35.5. The molecule has 0 spiro atoms. The Morgan fingerprint density at radius 2 is 2.19 bits per heavy atom. The molecule has 0 bridgehead atoms. The first-order valence-corrected chi connectivity index (χ1v) is 7.91. The number of thioether (sulfide) groups is 1. The second-order valence-electron chi connectivity index (χ2n) is 5.12. The van der Waals surface area contributed by atoms with E-state index >= 15 is 0 Å². The molecule has 1 amide bonds. The first-order valence-electron chi connectivity index (χ1n) is 6.93. The molecule has 0 aromatic heterocycles. The van der Waals surface area contributed by atoms with Crippen LogP contribution in [0.25, 0.3) is 0 Å². The molecule has 1 aliphatic heterocycles. The van der Waals surface area contributed by atoms with Crippen molar-refractivity contribution in [3.05, 3.63) is 30.3 Å². The normalized spacial score (nSPS) is 20.8. The average molecular weight is 331 g/mol. The summed E-state index contributed by atoms with van der Waals surface area (Å²) in [6.07, 6.45) is 2.19. The molecule has 2 rings (SSSR count). The van der Waals surface area contributed by atoms with Gasteiger partial charge in [-0.05, 0) is 31.5 Å². The number of carbonyl (C=O) groups excluding carboxylic acids is 1. The summed E-state index contributed by atoms with van der Waals surface area (Å²) in [6.45, 7) is 2.27. The SMILES string of the molecule is COCC1(CNC(=O)CSc2ccccc2)CCCN1.Cl. The molecule has 1 aromatic carbocycles. The minimum atomic E-state index is -0.0815. The summed E-state index contributed by atoms with van der Waals surface area (Å²) >= 11 is 1.56. The highest BCUT2D eigenvalue weighted by molar-refractivity contribution is 8.00. The summed E-state index contributed by atoms with van der Waals surface area (Å²) < 4.78 is 5.27. The van der Waals surface area contributed by atoms with Gasteiger partial charge in [-0.3, -0.25) is 4.79 Å². The van der Waals surface area contributed by atoms with Gasteiger partial charge in [0.15, 0.2) is 0 Å². The van der Waals surface area contributed by atoms with Crippen molar-refractivity contribution in [1.82, 2.24) is 10.6 Å². The lowest BCUT2D eigenvalue weighted by atomic mass is 9.99. The predicted molar refractivity (Wildman–Crippen MR) is 89.3 cm³/mol. The van der Waals surface area contributed by atoms with Crippen LogP contribution in [-0.2, 0) is 9.53 Å². The summed E-state index contributed by atoms with van der Waals surface area (Å²) in [4.78, 5) is 13.0. The van der Waals surface area contributed by atoms with E-state index < -0.39 is 0 Å². The van der Waals surface area contributed by atoms with Crippen LogP contribution in [0.1, 0.15) is 12.8 Å². The molecular weight excluding hydrogens is 308 g/mol. The summed E-state index contributed by atoms with van der Waals surface area (Å²) in [6, 6.07) is 9.97. The quantitative estimate of drug-likeness (QED) is 0.752. The van der Waals surface area contributed by atoms with Crippen LogP contribution in [0.15, 0.2) is 35.2 Å². The van der Waals surface area contributed by atoms with E-state index in [-0.39, 0.29) is 23.9 Å². The summed E-state index contributed by atoms with van der Waals surface area (Å²) in [5.41, 5.74) is -0.0815. The third kappa shape index (κ3) is 5.87. The lowest BCUT2D eigenvalue weighted by Crippen LogP contribution is -2.53. The van der Waals surface area contributed by atoms with Crippen LogP contribution in [0.4, 0.5) is 0 Å². The Morgan fingerprint density at radius 1 is 1.43 bits per heavy atom. The van der Waals surface area contributed by atoms with E-state index in [9.17, 15) is 4.79 Å². The van der Waals surface area contributed by atoms with Crippen molar-refractivity contribution in [1.29, 1.82) is 0 Å². The number of ether oxygens (including phenoxy) is 1. The van der Waals surface area contributed by atoms with E-state index in [0.29, 0.717) is 18.9 Å². The summed E-state index contributed by atoms with van der Waals surface area (Å²) in [5, 5.41) is 6.47. The van der Waals surface area contributed by atoms with Gasteiger partial charge in [-0.15, -0.1) is 24.2 Å². The zero-order valence-corrected chi connectivity index (χ0v) is 13.9. The molecule has 0 radical (unpaired) electrons. The molecule has 1 heterocycles. The van der Waals surface area contributed by atoms with Crippen LogP contribution < -0.4 is 10.6 Å². The van der Waals surface area contributed by atoms with Crippen molar-refractivity contribution < 1.29 is 9.53 Å². The van der Waals surface area contributed by atoms with E-state index in [1.807, 2.05) is 30.3 Å². The van der Waals surface area contributed by atoms with Gasteiger partial charge in [0.05, 0.1) is 17.9 Å². The molecule has 118 valence electrons. The second kappa shape index (κ2) is 9.30. The molecule has 0 saturated carbocycles. The molecule has 21 heavy (non-hydrogen) atoms. The number of hydrogen-bond donors (Lipinski definition) is 2. The van der Waals surface area contributed by atoms with Gasteiger partial charge in [0.1, 0.15) is 0 Å². The highest BCUT2D eigenvalue weighted by Gasteiger charge is 2.33. The predicted octanol–water partition coefficient (Wildman–Crippen LogP) is 2.09. The standard InChI is InChI=1S/C15H22N2O2S.ClH/c1-19-12-15(8-5-9-17-15)11-16-14(18)10-20-13-6-3-2-4-7-13;/h2-4,6-7,17H,5,8-12H2,1H3,(H,16,18);1H. The van der Waals surface area contributed by atoms with E-state index in [1.165, 1.54) is 0 Å². The molecule has 1 unspecified atom stereocenters. The van der Waals surface area contributed by atoms with Gasteiger partial charge in [-0.25, -0.2) is 0 Å². The molecule has 1 saturated heterocycles. The number of amides is 1. The Labute approximate surface area is 136 Å². The van der Waals surface area contributed by atoms with Crippen LogP contribution in [-0.4, -0.2) is 44.0 Å². The van der Waals surface area contributed by atoms with Gasteiger partial charge >= 0.3 is 0 Å². The fourth-order valence-electron chi connectivity index (χ4n) is 2.45. The molecule has 6 heteroatoms. The third-order valence-electron chi connectivity index (χ3n) is 3.49. The molecular formula is C15H23ClN2O2S. The van der Waals surface area contributed by atoms with Crippen LogP contribution in [0.5, 0.6) is 0 Å². The van der Waals surface area contributed by atoms with Crippen LogP contribution in [0, 0.1) is 0 Å².